The van der Waals surface area contributed by atoms with Gasteiger partial charge < -0.3 is 10.2 Å². The van der Waals surface area contributed by atoms with Gasteiger partial charge in [0.05, 0.1) is 6.04 Å². The summed E-state index contributed by atoms with van der Waals surface area (Å²) in [4.78, 5) is 13.4. The van der Waals surface area contributed by atoms with E-state index in [4.69, 9.17) is 0 Å². The van der Waals surface area contributed by atoms with E-state index in [9.17, 15) is 15.0 Å². The molecule has 0 saturated heterocycles. The van der Waals surface area contributed by atoms with E-state index < -0.39 is 6.09 Å². The molecule has 4 nitrogen and oxygen atoms in total. The van der Waals surface area contributed by atoms with Crippen LogP contribution < -0.4 is 0 Å². The molecule has 1 aromatic rings. The Morgan fingerprint density at radius 2 is 1.95 bits per heavy atom. The Labute approximate surface area is 139 Å². The van der Waals surface area contributed by atoms with Crippen LogP contribution in [0, 0.1) is 3.57 Å². The molecule has 1 amide bonds. The molecule has 1 aliphatic rings. The minimum absolute atomic E-state index is 0.00780. The van der Waals surface area contributed by atoms with Crippen molar-refractivity contribution in [3.8, 4) is 0 Å². The quantitative estimate of drug-likeness (QED) is 0.730. The van der Waals surface area contributed by atoms with Crippen LogP contribution in [0.4, 0.5) is 4.79 Å². The third kappa shape index (κ3) is 4.10. The molecule has 1 aliphatic carbocycles. The summed E-state index contributed by atoms with van der Waals surface area (Å²) in [6.07, 6.45) is 4.80. The average molecular weight is 403 g/mol. The van der Waals surface area contributed by atoms with Crippen molar-refractivity contribution in [1.29, 1.82) is 0 Å². The van der Waals surface area contributed by atoms with Gasteiger partial charge in [-0.1, -0.05) is 37.5 Å². The first kappa shape index (κ1) is 16.5. The maximum atomic E-state index is 11.8. The van der Waals surface area contributed by atoms with Crippen LogP contribution in [-0.4, -0.2) is 33.9 Å². The second kappa shape index (κ2) is 7.98. The van der Waals surface area contributed by atoms with Crippen LogP contribution in [0.3, 0.4) is 0 Å². The fourth-order valence-corrected chi connectivity index (χ4v) is 3.96. The van der Waals surface area contributed by atoms with Gasteiger partial charge in [0, 0.05) is 16.2 Å². The molecular weight excluding hydrogens is 381 g/mol. The minimum Gasteiger partial charge on any atom is -0.465 e. The van der Waals surface area contributed by atoms with Crippen molar-refractivity contribution in [2.24, 2.45) is 0 Å². The van der Waals surface area contributed by atoms with E-state index in [1.54, 1.807) is 4.90 Å². The smallest absolute Gasteiger partial charge is 0.408 e. The number of aliphatic hydroxyl groups excluding tert-OH is 1. The molecule has 0 bridgehead atoms. The molecule has 0 aromatic heterocycles. The number of aliphatic hydroxyl groups is 1. The molecule has 2 rings (SSSR count). The number of benzene rings is 1. The zero-order valence-corrected chi connectivity index (χ0v) is 14.2. The molecule has 5 heteroatoms. The topological polar surface area (TPSA) is 60.8 Å². The first-order chi connectivity index (χ1) is 10.1. The fourth-order valence-electron chi connectivity index (χ4n) is 3.22. The Kier molecular flexibility index (Phi) is 6.29. The maximum Gasteiger partial charge on any atom is 0.408 e. The number of halogens is 1. The zero-order chi connectivity index (χ0) is 15.2. The highest BCUT2D eigenvalue weighted by atomic mass is 127. The summed E-state index contributed by atoms with van der Waals surface area (Å²) in [5, 5.41) is 19.1. The van der Waals surface area contributed by atoms with E-state index in [2.05, 4.69) is 22.6 Å². The Bertz CT molecular complexity index is 474. The van der Waals surface area contributed by atoms with E-state index in [-0.39, 0.29) is 18.7 Å². The lowest BCUT2D eigenvalue weighted by Crippen LogP contribution is -2.43. The zero-order valence-electron chi connectivity index (χ0n) is 12.0. The van der Waals surface area contributed by atoms with E-state index >= 15 is 0 Å². The van der Waals surface area contributed by atoms with Crippen LogP contribution >= 0.6 is 22.6 Å². The van der Waals surface area contributed by atoms with Crippen molar-refractivity contribution in [2.45, 2.75) is 50.6 Å². The third-order valence-corrected chi connectivity index (χ3v) is 5.17. The average Bonchev–Trinajstić information content (AvgIpc) is 2.48. The summed E-state index contributed by atoms with van der Waals surface area (Å²) in [7, 11) is 0. The molecule has 0 aliphatic heterocycles. The molecule has 0 spiro atoms. The molecule has 116 valence electrons. The van der Waals surface area contributed by atoms with Crippen molar-refractivity contribution in [2.75, 3.05) is 6.61 Å². The largest absolute Gasteiger partial charge is 0.465 e. The van der Waals surface area contributed by atoms with Gasteiger partial charge in [-0.3, -0.25) is 4.90 Å². The van der Waals surface area contributed by atoms with Crippen LogP contribution in [0.1, 0.15) is 50.1 Å². The minimum atomic E-state index is -0.875. The lowest BCUT2D eigenvalue weighted by atomic mass is 9.91. The number of rotatable bonds is 5. The molecule has 0 heterocycles. The summed E-state index contributed by atoms with van der Waals surface area (Å²) in [6.45, 7) is -0.00780. The van der Waals surface area contributed by atoms with E-state index in [1.165, 1.54) is 6.42 Å². The van der Waals surface area contributed by atoms with Crippen LogP contribution in [-0.2, 0) is 0 Å². The molecule has 1 atom stereocenters. The Hall–Kier alpha value is -0.820. The molecule has 0 radical (unpaired) electrons. The highest BCUT2D eigenvalue weighted by Crippen LogP contribution is 2.34. The lowest BCUT2D eigenvalue weighted by Gasteiger charge is -2.38. The van der Waals surface area contributed by atoms with Gasteiger partial charge in [-0.15, -0.1) is 0 Å². The fraction of sp³-hybridized carbons (Fsp3) is 0.562. The van der Waals surface area contributed by atoms with Gasteiger partial charge >= 0.3 is 6.09 Å². The number of carboxylic acid groups (broad SMARTS) is 1. The second-order valence-corrected chi connectivity index (χ2v) is 6.69. The van der Waals surface area contributed by atoms with Gasteiger partial charge in [-0.2, -0.15) is 0 Å². The Balaban J connectivity index is 2.32. The standard InChI is InChI=1S/C16H22INO3/c17-14-9-5-4-8-13(14)15(10-11-19)18(16(20)21)12-6-2-1-3-7-12/h4-5,8-9,12,15,19H,1-3,6-7,10-11H2,(H,20,21)/t15-/m0/s1. The number of hydrogen-bond acceptors (Lipinski definition) is 2. The monoisotopic (exact) mass is 403 g/mol. The molecule has 21 heavy (non-hydrogen) atoms. The number of nitrogens with zero attached hydrogens (tertiary/aromatic N) is 1. The normalized spacial score (nSPS) is 17.4. The van der Waals surface area contributed by atoms with Gasteiger partial charge in [-0.05, 0) is 53.5 Å². The summed E-state index contributed by atoms with van der Waals surface area (Å²) in [5.74, 6) is 0. The van der Waals surface area contributed by atoms with E-state index in [0.29, 0.717) is 6.42 Å². The molecular formula is C16H22INO3. The number of carbonyl (C=O) groups is 1. The van der Waals surface area contributed by atoms with Gasteiger partial charge in [-0.25, -0.2) is 4.79 Å². The first-order valence-corrected chi connectivity index (χ1v) is 8.59. The Morgan fingerprint density at radius 3 is 2.52 bits per heavy atom. The maximum absolute atomic E-state index is 11.8. The molecule has 1 fully saturated rings. The van der Waals surface area contributed by atoms with Gasteiger partial charge in [0.25, 0.3) is 0 Å². The summed E-state index contributed by atoms with van der Waals surface area (Å²) in [5.41, 5.74) is 1.00. The molecule has 0 unspecified atom stereocenters. The highest BCUT2D eigenvalue weighted by molar-refractivity contribution is 14.1. The van der Waals surface area contributed by atoms with E-state index in [1.807, 2.05) is 24.3 Å². The van der Waals surface area contributed by atoms with Crippen molar-refractivity contribution in [1.82, 2.24) is 4.90 Å². The van der Waals surface area contributed by atoms with Gasteiger partial charge in [0.1, 0.15) is 0 Å². The van der Waals surface area contributed by atoms with Crippen LogP contribution in [0.15, 0.2) is 24.3 Å². The molecule has 1 saturated carbocycles. The summed E-state index contributed by atoms with van der Waals surface area (Å²) in [6, 6.07) is 7.66. The molecule has 2 N–H and O–H groups in total. The van der Waals surface area contributed by atoms with E-state index in [0.717, 1.165) is 34.8 Å². The van der Waals surface area contributed by atoms with Gasteiger partial charge in [0.15, 0.2) is 0 Å². The third-order valence-electron chi connectivity index (χ3n) is 4.19. The van der Waals surface area contributed by atoms with Crippen molar-refractivity contribution < 1.29 is 15.0 Å². The Morgan fingerprint density at radius 1 is 1.29 bits per heavy atom. The van der Waals surface area contributed by atoms with Gasteiger partial charge in [0.2, 0.25) is 0 Å². The van der Waals surface area contributed by atoms with Crippen molar-refractivity contribution in [3.05, 3.63) is 33.4 Å². The SMILES string of the molecule is O=C(O)N(C1CCCCC1)[C@@H](CCO)c1ccccc1I. The van der Waals surface area contributed by atoms with Crippen molar-refractivity contribution in [3.63, 3.8) is 0 Å². The van der Waals surface area contributed by atoms with Crippen LogP contribution in [0.25, 0.3) is 0 Å². The number of hydrogen-bond donors (Lipinski definition) is 2. The predicted molar refractivity (Wildman–Crippen MR) is 90.3 cm³/mol. The van der Waals surface area contributed by atoms with Crippen LogP contribution in [0.5, 0.6) is 0 Å². The van der Waals surface area contributed by atoms with Crippen molar-refractivity contribution >= 4 is 28.7 Å². The van der Waals surface area contributed by atoms with Crippen LogP contribution in [0.2, 0.25) is 0 Å². The summed E-state index contributed by atoms with van der Waals surface area (Å²) >= 11 is 2.24. The lowest BCUT2D eigenvalue weighted by molar-refractivity contribution is 0.0732. The molecule has 1 aromatic carbocycles. The highest BCUT2D eigenvalue weighted by Gasteiger charge is 2.32. The first-order valence-electron chi connectivity index (χ1n) is 7.51. The summed E-state index contributed by atoms with van der Waals surface area (Å²) < 4.78 is 1.05. The number of amides is 1. The second-order valence-electron chi connectivity index (χ2n) is 5.53. The predicted octanol–water partition coefficient (Wildman–Crippen LogP) is 4.03.